The molecule has 0 heterocycles. The molecule has 2 fully saturated rings. The summed E-state index contributed by atoms with van der Waals surface area (Å²) in [4.78, 5) is 0. The van der Waals surface area contributed by atoms with Gasteiger partial charge in [-0.15, -0.1) is 0 Å². The third kappa shape index (κ3) is 0.900. The highest BCUT2D eigenvalue weighted by Gasteiger charge is 2.74. The predicted molar refractivity (Wildman–Crippen MR) is 52.9 cm³/mol. The van der Waals surface area contributed by atoms with Gasteiger partial charge in [0.05, 0.1) is 0 Å². The van der Waals surface area contributed by atoms with E-state index in [0.717, 1.165) is 29.1 Å². The third-order valence-corrected chi connectivity index (χ3v) is 4.54. The summed E-state index contributed by atoms with van der Waals surface area (Å²) in [5, 5.41) is 0. The second-order valence-electron chi connectivity index (χ2n) is 5.35. The lowest BCUT2D eigenvalue weighted by molar-refractivity contribution is 0.478. The molecule has 2 aliphatic carbocycles. The Bertz CT molecular complexity index is 182. The molecule has 0 saturated heterocycles. The summed E-state index contributed by atoms with van der Waals surface area (Å²) >= 11 is 0. The lowest BCUT2D eigenvalue weighted by Gasteiger charge is -2.01. The molecule has 70 valence electrons. The zero-order valence-electron chi connectivity index (χ0n) is 8.93. The van der Waals surface area contributed by atoms with Crippen LogP contribution >= 0.6 is 0 Å². The van der Waals surface area contributed by atoms with Crippen molar-refractivity contribution in [2.24, 2.45) is 29.1 Å². The van der Waals surface area contributed by atoms with Crippen molar-refractivity contribution in [1.29, 1.82) is 0 Å². The van der Waals surface area contributed by atoms with E-state index in [1.165, 1.54) is 12.8 Å². The molecule has 0 aliphatic heterocycles. The summed E-state index contributed by atoms with van der Waals surface area (Å²) in [6.45, 7) is 9.59. The fourth-order valence-electron chi connectivity index (χ4n) is 3.71. The van der Waals surface area contributed by atoms with Crippen molar-refractivity contribution in [2.45, 2.75) is 47.0 Å². The Morgan fingerprint density at radius 2 is 2.08 bits per heavy atom. The Kier molecular flexibility index (Phi) is 1.79. The van der Waals surface area contributed by atoms with Gasteiger partial charge in [-0.1, -0.05) is 34.1 Å². The van der Waals surface area contributed by atoms with E-state index < -0.39 is 0 Å². The fraction of sp³-hybridized carbons (Fsp3) is 1.00. The largest absolute Gasteiger partial charge is 0.0654 e. The van der Waals surface area contributed by atoms with Gasteiger partial charge >= 0.3 is 0 Å². The molecule has 2 saturated carbocycles. The van der Waals surface area contributed by atoms with Gasteiger partial charge in [-0.2, -0.15) is 0 Å². The Morgan fingerprint density at radius 3 is 2.50 bits per heavy atom. The summed E-state index contributed by atoms with van der Waals surface area (Å²) in [6.07, 6.45) is 4.43. The maximum atomic E-state index is 2.47. The molecular weight excluding hydrogens is 144 g/mol. The van der Waals surface area contributed by atoms with Gasteiger partial charge in [-0.05, 0) is 41.9 Å². The maximum absolute atomic E-state index is 2.47. The van der Waals surface area contributed by atoms with Gasteiger partial charge < -0.3 is 0 Å². The van der Waals surface area contributed by atoms with Crippen molar-refractivity contribution in [1.82, 2.24) is 0 Å². The first-order valence-electron chi connectivity index (χ1n) is 5.64. The quantitative estimate of drug-likeness (QED) is 0.599. The standard InChI is InChI=1S/C12H22/c1-5-6-10-9(4)12(10)7-11(12)8(2)3/h8-11H,5-7H2,1-4H3. The van der Waals surface area contributed by atoms with Crippen molar-refractivity contribution in [3.63, 3.8) is 0 Å². The van der Waals surface area contributed by atoms with E-state index in [1.807, 2.05) is 0 Å². The topological polar surface area (TPSA) is 0 Å². The highest BCUT2D eigenvalue weighted by atomic mass is 14.8. The Morgan fingerprint density at radius 1 is 1.42 bits per heavy atom. The predicted octanol–water partition coefficient (Wildman–Crippen LogP) is 3.71. The molecule has 0 N–H and O–H groups in total. The van der Waals surface area contributed by atoms with Crippen LogP contribution < -0.4 is 0 Å². The molecular formula is C12H22. The van der Waals surface area contributed by atoms with Gasteiger partial charge in [0, 0.05) is 0 Å². The van der Waals surface area contributed by atoms with Gasteiger partial charge in [0.15, 0.2) is 0 Å². The van der Waals surface area contributed by atoms with Crippen molar-refractivity contribution in [3.8, 4) is 0 Å². The van der Waals surface area contributed by atoms with Crippen LogP contribution in [0.2, 0.25) is 0 Å². The molecule has 0 nitrogen and oxygen atoms in total. The smallest absolute Gasteiger partial charge is 0.0204 e. The first kappa shape index (κ1) is 8.59. The van der Waals surface area contributed by atoms with Crippen LogP contribution in [0.15, 0.2) is 0 Å². The van der Waals surface area contributed by atoms with E-state index in [0.29, 0.717) is 0 Å². The molecule has 0 heteroatoms. The van der Waals surface area contributed by atoms with Crippen LogP contribution in [-0.2, 0) is 0 Å². The minimum Gasteiger partial charge on any atom is -0.0654 e. The second kappa shape index (κ2) is 2.49. The molecule has 2 aliphatic rings. The molecule has 0 aromatic rings. The van der Waals surface area contributed by atoms with E-state index in [4.69, 9.17) is 0 Å². The monoisotopic (exact) mass is 166 g/mol. The minimum absolute atomic E-state index is 0.865. The van der Waals surface area contributed by atoms with Crippen molar-refractivity contribution >= 4 is 0 Å². The van der Waals surface area contributed by atoms with Gasteiger partial charge in [0.25, 0.3) is 0 Å². The second-order valence-corrected chi connectivity index (χ2v) is 5.35. The van der Waals surface area contributed by atoms with E-state index >= 15 is 0 Å². The molecule has 0 bridgehead atoms. The molecule has 0 aromatic heterocycles. The lowest BCUT2D eigenvalue weighted by Crippen LogP contribution is -1.94. The number of hydrogen-bond acceptors (Lipinski definition) is 0. The van der Waals surface area contributed by atoms with Crippen LogP contribution in [0.1, 0.15) is 47.0 Å². The molecule has 2 rings (SSSR count). The van der Waals surface area contributed by atoms with Gasteiger partial charge in [-0.25, -0.2) is 0 Å². The Balaban J connectivity index is 1.93. The molecule has 4 atom stereocenters. The Labute approximate surface area is 76.7 Å². The average Bonchev–Trinajstić information content (AvgIpc) is 2.84. The molecule has 1 spiro atoms. The van der Waals surface area contributed by atoms with Crippen LogP contribution in [0.4, 0.5) is 0 Å². The SMILES string of the molecule is CCCC1C(C)C12CC2C(C)C. The molecule has 12 heavy (non-hydrogen) atoms. The van der Waals surface area contributed by atoms with E-state index in [-0.39, 0.29) is 0 Å². The molecule has 4 unspecified atom stereocenters. The highest BCUT2D eigenvalue weighted by molar-refractivity contribution is 5.22. The van der Waals surface area contributed by atoms with Gasteiger partial charge in [0.1, 0.15) is 0 Å². The van der Waals surface area contributed by atoms with E-state index in [9.17, 15) is 0 Å². The molecule has 0 amide bonds. The van der Waals surface area contributed by atoms with Crippen LogP contribution in [0.3, 0.4) is 0 Å². The Hall–Kier alpha value is 0. The zero-order valence-corrected chi connectivity index (χ0v) is 8.93. The van der Waals surface area contributed by atoms with Gasteiger partial charge in [-0.3, -0.25) is 0 Å². The zero-order chi connectivity index (χ0) is 8.93. The van der Waals surface area contributed by atoms with Crippen LogP contribution in [0.5, 0.6) is 0 Å². The van der Waals surface area contributed by atoms with Crippen LogP contribution in [0.25, 0.3) is 0 Å². The molecule has 0 aromatic carbocycles. The first-order valence-corrected chi connectivity index (χ1v) is 5.64. The van der Waals surface area contributed by atoms with Crippen LogP contribution in [-0.4, -0.2) is 0 Å². The maximum Gasteiger partial charge on any atom is -0.0204 e. The highest BCUT2D eigenvalue weighted by Crippen LogP contribution is 2.80. The number of hydrogen-bond donors (Lipinski definition) is 0. The normalized spacial score (nSPS) is 50.2. The summed E-state index contributed by atoms with van der Waals surface area (Å²) < 4.78 is 0. The fourth-order valence-corrected chi connectivity index (χ4v) is 3.71. The number of rotatable bonds is 3. The van der Waals surface area contributed by atoms with E-state index in [1.54, 1.807) is 6.42 Å². The van der Waals surface area contributed by atoms with Crippen LogP contribution in [0, 0.1) is 29.1 Å². The third-order valence-electron chi connectivity index (χ3n) is 4.54. The van der Waals surface area contributed by atoms with Gasteiger partial charge in [0.2, 0.25) is 0 Å². The minimum atomic E-state index is 0.865. The summed E-state index contributed by atoms with van der Waals surface area (Å²) in [5.74, 6) is 4.19. The summed E-state index contributed by atoms with van der Waals surface area (Å²) in [5.41, 5.74) is 0.865. The van der Waals surface area contributed by atoms with E-state index in [2.05, 4.69) is 27.7 Å². The molecule has 0 radical (unpaired) electrons. The van der Waals surface area contributed by atoms with Crippen molar-refractivity contribution in [3.05, 3.63) is 0 Å². The average molecular weight is 166 g/mol. The van der Waals surface area contributed by atoms with Crippen molar-refractivity contribution in [2.75, 3.05) is 0 Å². The lowest BCUT2D eigenvalue weighted by atomic mass is 10.0. The first-order chi connectivity index (χ1) is 5.64. The summed E-state index contributed by atoms with van der Waals surface area (Å²) in [7, 11) is 0. The summed E-state index contributed by atoms with van der Waals surface area (Å²) in [6, 6.07) is 0. The van der Waals surface area contributed by atoms with Crippen molar-refractivity contribution < 1.29 is 0 Å².